The number of nitrogens with two attached hydrogens (primary N) is 1. The average molecular weight is 355 g/mol. The summed E-state index contributed by atoms with van der Waals surface area (Å²) < 4.78 is 0. The summed E-state index contributed by atoms with van der Waals surface area (Å²) in [4.78, 5) is 25.9. The molecule has 7 heteroatoms. The fourth-order valence-corrected chi connectivity index (χ4v) is 3.24. The van der Waals surface area contributed by atoms with Crippen LogP contribution in [-0.4, -0.2) is 40.0 Å². The molecule has 2 heterocycles. The van der Waals surface area contributed by atoms with E-state index in [2.05, 4.69) is 20.4 Å². The van der Waals surface area contributed by atoms with Crippen molar-refractivity contribution in [1.82, 2.24) is 15.1 Å². The molecule has 1 saturated heterocycles. The van der Waals surface area contributed by atoms with Gasteiger partial charge in [0, 0.05) is 23.8 Å². The number of amides is 2. The molecule has 26 heavy (non-hydrogen) atoms. The van der Waals surface area contributed by atoms with Gasteiger partial charge in [0.2, 0.25) is 5.91 Å². The summed E-state index contributed by atoms with van der Waals surface area (Å²) in [5.74, 6) is -0.418. The molecule has 2 aromatic rings. The van der Waals surface area contributed by atoms with Gasteiger partial charge in [0.25, 0.3) is 5.91 Å². The van der Waals surface area contributed by atoms with E-state index in [1.165, 1.54) is 0 Å². The van der Waals surface area contributed by atoms with Crippen LogP contribution in [0.1, 0.15) is 41.5 Å². The van der Waals surface area contributed by atoms with E-state index in [0.717, 1.165) is 55.8 Å². The minimum absolute atomic E-state index is 0.00117. The van der Waals surface area contributed by atoms with Gasteiger partial charge in [0.05, 0.1) is 0 Å². The van der Waals surface area contributed by atoms with Crippen molar-refractivity contribution in [2.24, 2.45) is 11.7 Å². The molecule has 1 aromatic carbocycles. The van der Waals surface area contributed by atoms with E-state index >= 15 is 0 Å². The summed E-state index contributed by atoms with van der Waals surface area (Å²) in [6.45, 7) is 4.51. The lowest BCUT2D eigenvalue weighted by Crippen LogP contribution is -2.38. The minimum atomic E-state index is -0.222. The second kappa shape index (κ2) is 8.14. The molecule has 0 unspecified atom stereocenters. The lowest BCUT2D eigenvalue weighted by Gasteiger charge is -2.30. The molecule has 1 aliphatic heterocycles. The molecule has 1 aromatic heterocycles. The highest BCUT2D eigenvalue weighted by molar-refractivity contribution is 6.02. The zero-order chi connectivity index (χ0) is 18.5. The summed E-state index contributed by atoms with van der Waals surface area (Å²) in [5, 5.41) is 9.78. The van der Waals surface area contributed by atoms with Gasteiger partial charge in [0.1, 0.15) is 0 Å². The van der Waals surface area contributed by atoms with Crippen molar-refractivity contribution in [3.05, 3.63) is 47.3 Å². The molecule has 1 aliphatic rings. The lowest BCUT2D eigenvalue weighted by molar-refractivity contribution is -0.123. The van der Waals surface area contributed by atoms with Crippen LogP contribution >= 0.6 is 0 Å². The van der Waals surface area contributed by atoms with Crippen molar-refractivity contribution in [2.75, 3.05) is 18.4 Å². The zero-order valence-electron chi connectivity index (χ0n) is 15.0. The third-order valence-corrected chi connectivity index (χ3v) is 4.83. The molecule has 0 aliphatic carbocycles. The molecule has 0 saturated carbocycles. The van der Waals surface area contributed by atoms with Gasteiger partial charge in [-0.3, -0.25) is 19.6 Å². The maximum Gasteiger partial charge on any atom is 0.276 e. The second-order valence-electron chi connectivity index (χ2n) is 6.74. The van der Waals surface area contributed by atoms with E-state index in [4.69, 9.17) is 5.73 Å². The number of hydrogen-bond acceptors (Lipinski definition) is 4. The first-order chi connectivity index (χ1) is 12.5. The summed E-state index contributed by atoms with van der Waals surface area (Å²) >= 11 is 0. The van der Waals surface area contributed by atoms with Crippen molar-refractivity contribution < 1.29 is 9.59 Å². The predicted molar refractivity (Wildman–Crippen MR) is 99.6 cm³/mol. The van der Waals surface area contributed by atoms with E-state index in [9.17, 15) is 9.59 Å². The SMILES string of the molecule is CCc1cc(C(=O)Nc2cccc(CN3CCC(C(N)=O)CC3)c2)n[nH]1. The van der Waals surface area contributed by atoms with Gasteiger partial charge >= 0.3 is 0 Å². The van der Waals surface area contributed by atoms with Crippen LogP contribution in [0.3, 0.4) is 0 Å². The number of carbonyl (C=O) groups excluding carboxylic acids is 2. The standard InChI is InChI=1S/C19H25N5O2/c1-2-15-11-17(23-22-15)19(26)21-16-5-3-4-13(10-16)12-24-8-6-14(7-9-24)18(20)25/h3-5,10-11,14H,2,6-9,12H2,1H3,(H2,20,25)(H,21,26)(H,22,23). The number of carbonyl (C=O) groups is 2. The molecular formula is C19H25N5O2. The molecule has 0 spiro atoms. The van der Waals surface area contributed by atoms with Gasteiger partial charge < -0.3 is 11.1 Å². The Hall–Kier alpha value is -2.67. The summed E-state index contributed by atoms with van der Waals surface area (Å²) in [6, 6.07) is 9.59. The molecule has 7 nitrogen and oxygen atoms in total. The number of aryl methyl sites for hydroxylation is 1. The Labute approximate surface area is 153 Å². The quantitative estimate of drug-likeness (QED) is 0.736. The molecular weight excluding hydrogens is 330 g/mol. The topological polar surface area (TPSA) is 104 Å². The molecule has 0 atom stereocenters. The van der Waals surface area contributed by atoms with Crippen molar-refractivity contribution >= 4 is 17.5 Å². The van der Waals surface area contributed by atoms with E-state index in [1.807, 2.05) is 31.2 Å². The van der Waals surface area contributed by atoms with Crippen molar-refractivity contribution in [1.29, 1.82) is 0 Å². The number of likely N-dealkylation sites (tertiary alicyclic amines) is 1. The van der Waals surface area contributed by atoms with Crippen LogP contribution < -0.4 is 11.1 Å². The van der Waals surface area contributed by atoms with Gasteiger partial charge in [-0.25, -0.2) is 0 Å². The third-order valence-electron chi connectivity index (χ3n) is 4.83. The van der Waals surface area contributed by atoms with E-state index < -0.39 is 0 Å². The van der Waals surface area contributed by atoms with Gasteiger partial charge in [0.15, 0.2) is 5.69 Å². The number of primary amides is 1. The van der Waals surface area contributed by atoms with Gasteiger partial charge in [-0.1, -0.05) is 19.1 Å². The van der Waals surface area contributed by atoms with Crippen molar-refractivity contribution in [3.8, 4) is 0 Å². The molecule has 3 rings (SSSR count). The Kier molecular flexibility index (Phi) is 5.68. The van der Waals surface area contributed by atoms with Crippen LogP contribution in [0.15, 0.2) is 30.3 Å². The van der Waals surface area contributed by atoms with E-state index in [-0.39, 0.29) is 17.7 Å². The summed E-state index contributed by atoms with van der Waals surface area (Å²) in [6.07, 6.45) is 2.43. The normalized spacial score (nSPS) is 15.7. The monoisotopic (exact) mass is 355 g/mol. The first-order valence-corrected chi connectivity index (χ1v) is 9.01. The summed E-state index contributed by atoms with van der Waals surface area (Å²) in [5.41, 5.74) is 8.58. The maximum atomic E-state index is 12.3. The highest BCUT2D eigenvalue weighted by Crippen LogP contribution is 2.20. The second-order valence-corrected chi connectivity index (χ2v) is 6.74. The number of H-pyrrole nitrogens is 1. The third kappa shape index (κ3) is 4.49. The smallest absolute Gasteiger partial charge is 0.276 e. The van der Waals surface area contributed by atoms with E-state index in [0.29, 0.717) is 5.69 Å². The van der Waals surface area contributed by atoms with Crippen LogP contribution in [0, 0.1) is 5.92 Å². The first-order valence-electron chi connectivity index (χ1n) is 9.01. The first kappa shape index (κ1) is 18.1. The highest BCUT2D eigenvalue weighted by atomic mass is 16.2. The minimum Gasteiger partial charge on any atom is -0.369 e. The largest absolute Gasteiger partial charge is 0.369 e. The number of nitrogens with zero attached hydrogens (tertiary/aromatic N) is 2. The summed E-state index contributed by atoms with van der Waals surface area (Å²) in [7, 11) is 0. The molecule has 0 radical (unpaired) electrons. The predicted octanol–water partition coefficient (Wildman–Crippen LogP) is 1.92. The van der Waals surface area contributed by atoms with E-state index in [1.54, 1.807) is 6.07 Å². The van der Waals surface area contributed by atoms with Gasteiger partial charge in [-0.2, -0.15) is 5.10 Å². The number of hydrogen-bond donors (Lipinski definition) is 3. The van der Waals surface area contributed by atoms with Crippen LogP contribution in [0.25, 0.3) is 0 Å². The fourth-order valence-electron chi connectivity index (χ4n) is 3.24. The molecule has 0 bridgehead atoms. The van der Waals surface area contributed by atoms with Crippen LogP contribution in [0.5, 0.6) is 0 Å². The van der Waals surface area contributed by atoms with Gasteiger partial charge in [-0.05, 0) is 56.1 Å². The number of benzene rings is 1. The number of aromatic nitrogens is 2. The number of anilines is 1. The Morgan fingerprint density at radius 2 is 2.08 bits per heavy atom. The molecule has 4 N–H and O–H groups in total. The molecule has 2 amide bonds. The number of aromatic amines is 1. The van der Waals surface area contributed by atoms with Crippen LogP contribution in [-0.2, 0) is 17.8 Å². The fraction of sp³-hybridized carbons (Fsp3) is 0.421. The number of rotatable bonds is 6. The Bertz CT molecular complexity index is 778. The lowest BCUT2D eigenvalue weighted by atomic mass is 9.96. The Morgan fingerprint density at radius 3 is 2.73 bits per heavy atom. The average Bonchev–Trinajstić information content (AvgIpc) is 3.12. The van der Waals surface area contributed by atoms with Crippen molar-refractivity contribution in [2.45, 2.75) is 32.7 Å². The zero-order valence-corrected chi connectivity index (χ0v) is 15.0. The highest BCUT2D eigenvalue weighted by Gasteiger charge is 2.23. The maximum absolute atomic E-state index is 12.3. The van der Waals surface area contributed by atoms with Crippen LogP contribution in [0.2, 0.25) is 0 Å². The number of piperidine rings is 1. The Morgan fingerprint density at radius 1 is 1.31 bits per heavy atom. The number of nitrogens with one attached hydrogen (secondary N) is 2. The van der Waals surface area contributed by atoms with Crippen molar-refractivity contribution in [3.63, 3.8) is 0 Å². The van der Waals surface area contributed by atoms with Gasteiger partial charge in [-0.15, -0.1) is 0 Å². The van der Waals surface area contributed by atoms with Crippen LogP contribution in [0.4, 0.5) is 5.69 Å². The Balaban J connectivity index is 1.58. The molecule has 138 valence electrons. The molecule has 1 fully saturated rings.